The Hall–Kier alpha value is -4.26. The molecule has 3 heterocycles. The maximum absolute atomic E-state index is 14.1. The first-order valence-corrected chi connectivity index (χ1v) is 14.0. The molecule has 2 amide bonds. The average Bonchev–Trinajstić information content (AvgIpc) is 3.50. The monoisotopic (exact) mass is 601 g/mol. The molecule has 0 unspecified atom stereocenters. The second-order valence-electron chi connectivity index (χ2n) is 10.1. The lowest BCUT2D eigenvalue weighted by molar-refractivity contribution is -0.142. The van der Waals surface area contributed by atoms with Crippen LogP contribution in [-0.2, 0) is 10.9 Å². The van der Waals surface area contributed by atoms with Crippen LogP contribution in [0.15, 0.2) is 36.5 Å². The summed E-state index contributed by atoms with van der Waals surface area (Å²) in [5, 5.41) is 6.43. The molecule has 1 N–H and O–H groups in total. The molecule has 0 fully saturated rings. The molecule has 0 atom stereocenters. The molecule has 0 spiro atoms. The van der Waals surface area contributed by atoms with E-state index in [4.69, 9.17) is 4.74 Å². The number of benzene rings is 1. The maximum Gasteiger partial charge on any atom is 0.433 e. The fourth-order valence-corrected chi connectivity index (χ4v) is 5.41. The normalized spacial score (nSPS) is 11.7. The van der Waals surface area contributed by atoms with Crippen molar-refractivity contribution in [2.24, 2.45) is 0 Å². The Morgan fingerprint density at radius 3 is 2.38 bits per heavy atom. The molecule has 0 saturated heterocycles. The van der Waals surface area contributed by atoms with E-state index in [0.29, 0.717) is 22.1 Å². The lowest BCUT2D eigenvalue weighted by Gasteiger charge is -2.12. The fourth-order valence-electron chi connectivity index (χ4n) is 4.20. The van der Waals surface area contributed by atoms with Crippen molar-refractivity contribution in [2.75, 3.05) is 26.0 Å². The summed E-state index contributed by atoms with van der Waals surface area (Å²) < 4.78 is 48.1. The van der Waals surface area contributed by atoms with E-state index >= 15 is 0 Å². The molecule has 42 heavy (non-hydrogen) atoms. The molecule has 0 bridgehead atoms. The van der Waals surface area contributed by atoms with Gasteiger partial charge in [-0.05, 0) is 36.5 Å². The van der Waals surface area contributed by atoms with Crippen LogP contribution >= 0.6 is 11.3 Å². The molecular formula is C29H30F3N5O4S. The van der Waals surface area contributed by atoms with Crippen LogP contribution in [0.4, 0.5) is 18.2 Å². The van der Waals surface area contributed by atoms with Crippen LogP contribution < -0.4 is 5.32 Å². The number of anilines is 1. The average molecular weight is 602 g/mol. The molecule has 9 nitrogen and oxygen atoms in total. The minimum absolute atomic E-state index is 0.00153. The van der Waals surface area contributed by atoms with Crippen molar-refractivity contribution < 1.29 is 32.3 Å². The molecule has 0 aliphatic carbocycles. The minimum atomic E-state index is -4.80. The molecule has 0 aliphatic heterocycles. The number of rotatable bonds is 8. The first-order valence-electron chi connectivity index (χ1n) is 13.1. The van der Waals surface area contributed by atoms with Crippen molar-refractivity contribution >= 4 is 39.8 Å². The molecule has 0 radical (unpaired) electrons. The zero-order valence-corrected chi connectivity index (χ0v) is 24.7. The van der Waals surface area contributed by atoms with E-state index in [0.717, 1.165) is 29.2 Å². The summed E-state index contributed by atoms with van der Waals surface area (Å²) in [7, 11) is 3.09. The number of alkyl halides is 3. The van der Waals surface area contributed by atoms with E-state index in [9.17, 15) is 27.6 Å². The molecule has 13 heteroatoms. The van der Waals surface area contributed by atoms with E-state index in [1.165, 1.54) is 4.90 Å². The number of aromatic nitrogens is 3. The summed E-state index contributed by atoms with van der Waals surface area (Å²) in [6, 6.07) is 7.87. The Morgan fingerprint density at radius 1 is 1.14 bits per heavy atom. The van der Waals surface area contributed by atoms with Gasteiger partial charge in [-0.2, -0.15) is 18.3 Å². The number of ether oxygens (including phenoxy) is 1. The van der Waals surface area contributed by atoms with Crippen LogP contribution in [0.2, 0.25) is 0 Å². The summed E-state index contributed by atoms with van der Waals surface area (Å²) in [5.41, 5.74) is 0.0868. The molecular weight excluding hydrogens is 571 g/mol. The first kappa shape index (κ1) is 30.7. The summed E-state index contributed by atoms with van der Waals surface area (Å²) in [4.78, 5) is 45.1. The highest BCUT2D eigenvalue weighted by molar-refractivity contribution is 7.18. The summed E-state index contributed by atoms with van der Waals surface area (Å²) in [6.07, 6.45) is -3.26. The van der Waals surface area contributed by atoms with Crippen LogP contribution in [0.3, 0.4) is 0 Å². The number of carbonyl (C=O) groups excluding carboxylic acids is 3. The highest BCUT2D eigenvalue weighted by Crippen LogP contribution is 2.36. The molecule has 4 aromatic rings. The van der Waals surface area contributed by atoms with Crippen molar-refractivity contribution in [3.63, 3.8) is 0 Å². The number of carbonyl (C=O) groups is 3. The van der Waals surface area contributed by atoms with E-state index in [1.54, 1.807) is 33.2 Å². The van der Waals surface area contributed by atoms with Crippen LogP contribution in [-0.4, -0.2) is 58.0 Å². The van der Waals surface area contributed by atoms with E-state index < -0.39 is 23.7 Å². The molecule has 4 rings (SSSR count). The predicted molar refractivity (Wildman–Crippen MR) is 153 cm³/mol. The number of hydrogen-bond acceptors (Lipinski definition) is 7. The van der Waals surface area contributed by atoms with Gasteiger partial charge in [0.25, 0.3) is 11.8 Å². The molecule has 222 valence electrons. The zero-order chi connectivity index (χ0) is 30.9. The summed E-state index contributed by atoms with van der Waals surface area (Å²) >= 11 is 0.875. The van der Waals surface area contributed by atoms with Crippen molar-refractivity contribution in [1.82, 2.24) is 19.5 Å². The fraction of sp³-hybridized carbons (Fsp3) is 0.345. The van der Waals surface area contributed by atoms with Gasteiger partial charge in [-0.1, -0.05) is 45.0 Å². The van der Waals surface area contributed by atoms with Gasteiger partial charge in [0, 0.05) is 19.7 Å². The third kappa shape index (κ3) is 6.01. The largest absolute Gasteiger partial charge is 0.462 e. The third-order valence-corrected chi connectivity index (χ3v) is 7.69. The van der Waals surface area contributed by atoms with Crippen LogP contribution in [0.25, 0.3) is 16.9 Å². The van der Waals surface area contributed by atoms with E-state index in [1.807, 2.05) is 32.9 Å². The van der Waals surface area contributed by atoms with Gasteiger partial charge in [-0.3, -0.25) is 9.59 Å². The van der Waals surface area contributed by atoms with Gasteiger partial charge in [0.1, 0.15) is 10.6 Å². The lowest BCUT2D eigenvalue weighted by atomic mass is 10.0. The maximum atomic E-state index is 14.1. The summed E-state index contributed by atoms with van der Waals surface area (Å²) in [5.74, 6) is -1.75. The predicted octanol–water partition coefficient (Wildman–Crippen LogP) is 6.43. The Labute approximate surface area is 244 Å². The standard InChI is InChI=1S/C29H30F3N5O4S/c1-7-12-41-28(40)22-16(4)23(27(39)36(5)6)42-26(22)35-25(38)19-14-33-37-21(29(30,31)32)13-20(34-24(19)37)18-10-8-17(9-11-18)15(2)3/h8-11,13-15H,7,12H2,1-6H3,(H,35,38). The Morgan fingerprint density at radius 2 is 1.81 bits per heavy atom. The Kier molecular flexibility index (Phi) is 8.71. The number of nitrogens with zero attached hydrogens (tertiary/aromatic N) is 4. The van der Waals surface area contributed by atoms with E-state index in [-0.39, 0.29) is 50.8 Å². The second-order valence-corrected chi connectivity index (χ2v) is 11.2. The van der Waals surface area contributed by atoms with Crippen molar-refractivity contribution in [3.05, 3.63) is 69.4 Å². The zero-order valence-electron chi connectivity index (χ0n) is 23.9. The highest BCUT2D eigenvalue weighted by Gasteiger charge is 2.36. The summed E-state index contributed by atoms with van der Waals surface area (Å²) in [6.45, 7) is 7.51. The van der Waals surface area contributed by atoms with Gasteiger partial charge in [0.05, 0.1) is 28.9 Å². The topological polar surface area (TPSA) is 106 Å². The van der Waals surface area contributed by atoms with Gasteiger partial charge in [0.15, 0.2) is 11.3 Å². The van der Waals surface area contributed by atoms with Crippen molar-refractivity contribution in [3.8, 4) is 11.3 Å². The minimum Gasteiger partial charge on any atom is -0.462 e. The van der Waals surface area contributed by atoms with Gasteiger partial charge in [0.2, 0.25) is 0 Å². The van der Waals surface area contributed by atoms with Gasteiger partial charge >= 0.3 is 12.1 Å². The number of amides is 2. The lowest BCUT2D eigenvalue weighted by Crippen LogP contribution is -2.21. The van der Waals surface area contributed by atoms with E-state index in [2.05, 4.69) is 15.4 Å². The number of halogens is 3. The van der Waals surface area contributed by atoms with Crippen LogP contribution in [0, 0.1) is 6.92 Å². The highest BCUT2D eigenvalue weighted by atomic mass is 32.1. The third-order valence-electron chi connectivity index (χ3n) is 6.50. The smallest absolute Gasteiger partial charge is 0.433 e. The molecule has 1 aromatic carbocycles. The second kappa shape index (κ2) is 11.9. The van der Waals surface area contributed by atoms with Crippen molar-refractivity contribution in [1.29, 1.82) is 0 Å². The van der Waals surface area contributed by atoms with Gasteiger partial charge in [-0.25, -0.2) is 14.3 Å². The first-order chi connectivity index (χ1) is 19.7. The number of fused-ring (bicyclic) bond motifs is 1. The quantitative estimate of drug-likeness (QED) is 0.233. The number of nitrogens with one attached hydrogen (secondary N) is 1. The van der Waals surface area contributed by atoms with Crippen molar-refractivity contribution in [2.45, 2.75) is 46.2 Å². The van der Waals surface area contributed by atoms with Crippen LogP contribution in [0.1, 0.15) is 80.3 Å². The Bertz CT molecular complexity index is 1660. The number of hydrogen-bond donors (Lipinski definition) is 1. The van der Waals surface area contributed by atoms with Gasteiger partial charge < -0.3 is 15.0 Å². The molecule has 3 aromatic heterocycles. The van der Waals surface area contributed by atoms with Gasteiger partial charge in [-0.15, -0.1) is 11.3 Å². The van der Waals surface area contributed by atoms with Crippen LogP contribution in [0.5, 0.6) is 0 Å². The SMILES string of the molecule is CCCOC(=O)c1c(NC(=O)c2cnn3c(C(F)(F)F)cc(-c4ccc(C(C)C)cc4)nc23)sc(C(=O)N(C)C)c1C. The molecule has 0 saturated carbocycles. The number of esters is 1. The molecule has 0 aliphatic rings. The Balaban J connectivity index is 1.81. The number of thiophene rings is 1.